The van der Waals surface area contributed by atoms with Crippen molar-refractivity contribution in [1.82, 2.24) is 14.5 Å². The number of thioether (sulfide) groups is 1. The Morgan fingerprint density at radius 1 is 1.00 bits per heavy atom. The van der Waals surface area contributed by atoms with Gasteiger partial charge in [0.2, 0.25) is 5.91 Å². The van der Waals surface area contributed by atoms with Gasteiger partial charge in [-0.1, -0.05) is 36.7 Å². The van der Waals surface area contributed by atoms with Gasteiger partial charge < -0.3 is 5.32 Å². The van der Waals surface area contributed by atoms with Gasteiger partial charge in [-0.15, -0.1) is 0 Å². The Hall–Kier alpha value is -3.46. The second-order valence-corrected chi connectivity index (χ2v) is 9.49. The predicted molar refractivity (Wildman–Crippen MR) is 131 cm³/mol. The van der Waals surface area contributed by atoms with E-state index in [9.17, 15) is 19.2 Å². The van der Waals surface area contributed by atoms with Gasteiger partial charge in [-0.3, -0.25) is 28.6 Å². The number of hydrogen-bond donors (Lipinski definition) is 1. The van der Waals surface area contributed by atoms with Crippen molar-refractivity contribution >= 4 is 45.4 Å². The minimum Gasteiger partial charge on any atom is -0.322 e. The average molecular weight is 477 g/mol. The molecule has 0 aliphatic carbocycles. The van der Waals surface area contributed by atoms with Crippen LogP contribution in [0.15, 0.2) is 47.3 Å². The van der Waals surface area contributed by atoms with E-state index < -0.39 is 0 Å². The topological polar surface area (TPSA) is 101 Å². The summed E-state index contributed by atoms with van der Waals surface area (Å²) in [6.07, 6.45) is 5.01. The number of anilines is 1. The summed E-state index contributed by atoms with van der Waals surface area (Å²) in [7, 11) is 0. The zero-order valence-corrected chi connectivity index (χ0v) is 19.4. The molecule has 0 saturated carbocycles. The number of hydrogen-bond acceptors (Lipinski definition) is 6. The maximum absolute atomic E-state index is 13.0. The van der Waals surface area contributed by atoms with Crippen molar-refractivity contribution in [2.24, 2.45) is 0 Å². The molecule has 1 saturated heterocycles. The van der Waals surface area contributed by atoms with E-state index in [1.54, 1.807) is 47.0 Å². The number of amides is 3. The van der Waals surface area contributed by atoms with Crippen LogP contribution >= 0.6 is 11.8 Å². The van der Waals surface area contributed by atoms with E-state index in [4.69, 9.17) is 4.98 Å². The largest absolute Gasteiger partial charge is 0.322 e. The number of nitrogens with zero attached hydrogens (tertiary/aromatic N) is 3. The first-order valence-electron chi connectivity index (χ1n) is 11.4. The monoisotopic (exact) mass is 476 g/mol. The van der Waals surface area contributed by atoms with E-state index in [0.717, 1.165) is 55.3 Å². The van der Waals surface area contributed by atoms with Crippen molar-refractivity contribution in [1.29, 1.82) is 0 Å². The lowest BCUT2D eigenvalue weighted by Gasteiger charge is -2.16. The minimum absolute atomic E-state index is 0.0437. The number of aromatic nitrogens is 2. The van der Waals surface area contributed by atoms with Crippen LogP contribution in [0, 0.1) is 0 Å². The number of rotatable bonds is 4. The number of imide groups is 1. The number of benzene rings is 2. The molecule has 3 amide bonds. The molecule has 2 aromatic carbocycles. The molecule has 34 heavy (non-hydrogen) atoms. The summed E-state index contributed by atoms with van der Waals surface area (Å²) in [5.74, 6) is 0.482. The predicted octanol–water partition coefficient (Wildman–Crippen LogP) is 3.96. The molecule has 5 rings (SSSR count). The van der Waals surface area contributed by atoms with Gasteiger partial charge in [-0.05, 0) is 48.7 Å². The highest BCUT2D eigenvalue weighted by Crippen LogP contribution is 2.22. The number of fused-ring (bicyclic) bond motifs is 2. The van der Waals surface area contributed by atoms with Crippen LogP contribution < -0.4 is 10.9 Å². The van der Waals surface area contributed by atoms with Crippen molar-refractivity contribution in [3.8, 4) is 0 Å². The third-order valence-corrected chi connectivity index (χ3v) is 7.08. The van der Waals surface area contributed by atoms with E-state index in [1.165, 1.54) is 4.90 Å². The first-order chi connectivity index (χ1) is 16.5. The highest BCUT2D eigenvalue weighted by atomic mass is 32.2. The molecular weight excluding hydrogens is 452 g/mol. The molecule has 0 atom stereocenters. The lowest BCUT2D eigenvalue weighted by Crippen LogP contribution is -2.27. The fraction of sp³-hybridized carbons (Fsp3) is 0.320. The highest BCUT2D eigenvalue weighted by Gasteiger charge is 2.29. The van der Waals surface area contributed by atoms with Gasteiger partial charge in [0.25, 0.3) is 16.7 Å². The first kappa shape index (κ1) is 22.3. The minimum atomic E-state index is -0.301. The molecule has 0 spiro atoms. The molecule has 3 aromatic rings. The quantitative estimate of drug-likeness (QED) is 0.612. The molecule has 2 aliphatic heterocycles. The van der Waals surface area contributed by atoms with Gasteiger partial charge in [0.05, 0.1) is 23.2 Å². The molecule has 0 radical (unpaired) electrons. The maximum Gasteiger partial charge on any atom is 0.289 e. The summed E-state index contributed by atoms with van der Waals surface area (Å²) < 4.78 is 1.78. The van der Waals surface area contributed by atoms with Gasteiger partial charge in [0.15, 0.2) is 0 Å². The SMILES string of the molecule is O=C(Nc1ccc(CN2C(=O)CSC2=O)cc1)c1ccc2c(=O)n3c(nc2c1)CCCCCC3. The van der Waals surface area contributed by atoms with E-state index in [-0.39, 0.29) is 34.9 Å². The average Bonchev–Trinajstić information content (AvgIpc) is 3.13. The Balaban J connectivity index is 1.33. The fourth-order valence-electron chi connectivity index (χ4n) is 4.35. The molecule has 2 aliphatic rings. The molecule has 8 nitrogen and oxygen atoms in total. The molecule has 0 unspecified atom stereocenters. The van der Waals surface area contributed by atoms with Gasteiger partial charge in [-0.2, -0.15) is 0 Å². The Morgan fingerprint density at radius 2 is 1.79 bits per heavy atom. The second kappa shape index (κ2) is 9.42. The van der Waals surface area contributed by atoms with Crippen LogP contribution in [0.4, 0.5) is 10.5 Å². The Labute approximate surface area is 200 Å². The standard InChI is InChI=1S/C25H24N4O4S/c30-22-15-34-25(33)29(22)14-16-6-9-18(10-7-16)26-23(31)17-8-11-19-20(13-17)27-21-5-3-1-2-4-12-28(21)24(19)32/h6-11,13H,1-5,12,14-15H2,(H,26,31). The van der Waals surface area contributed by atoms with Crippen LogP contribution in [0.5, 0.6) is 0 Å². The van der Waals surface area contributed by atoms with E-state index in [2.05, 4.69) is 5.32 Å². The van der Waals surface area contributed by atoms with E-state index in [0.29, 0.717) is 28.7 Å². The molecule has 9 heteroatoms. The lowest BCUT2D eigenvalue weighted by atomic mass is 10.1. The van der Waals surface area contributed by atoms with Crippen LogP contribution in [0.25, 0.3) is 10.9 Å². The zero-order chi connectivity index (χ0) is 23.7. The number of nitrogens with one attached hydrogen (secondary N) is 1. The van der Waals surface area contributed by atoms with Crippen molar-refractivity contribution < 1.29 is 14.4 Å². The van der Waals surface area contributed by atoms with Gasteiger partial charge in [0.1, 0.15) is 5.82 Å². The van der Waals surface area contributed by atoms with Crippen LogP contribution in [0.3, 0.4) is 0 Å². The maximum atomic E-state index is 13.0. The fourth-order valence-corrected chi connectivity index (χ4v) is 5.07. The first-order valence-corrected chi connectivity index (χ1v) is 12.4. The highest BCUT2D eigenvalue weighted by molar-refractivity contribution is 8.14. The molecule has 1 aromatic heterocycles. The van der Waals surface area contributed by atoms with E-state index >= 15 is 0 Å². The van der Waals surface area contributed by atoms with Gasteiger partial charge in [-0.25, -0.2) is 4.98 Å². The summed E-state index contributed by atoms with van der Waals surface area (Å²) in [6, 6.07) is 12.0. The van der Waals surface area contributed by atoms with Crippen molar-refractivity contribution in [3.63, 3.8) is 0 Å². The summed E-state index contributed by atoms with van der Waals surface area (Å²) in [5, 5.41) is 3.14. The van der Waals surface area contributed by atoms with Crippen LogP contribution in [-0.4, -0.2) is 37.3 Å². The summed E-state index contributed by atoms with van der Waals surface area (Å²) in [5.41, 5.74) is 2.31. The van der Waals surface area contributed by atoms with Crippen molar-refractivity contribution in [2.75, 3.05) is 11.1 Å². The summed E-state index contributed by atoms with van der Waals surface area (Å²) >= 11 is 1.01. The molecule has 3 heterocycles. The zero-order valence-electron chi connectivity index (χ0n) is 18.6. The van der Waals surface area contributed by atoms with Gasteiger partial charge >= 0.3 is 0 Å². The van der Waals surface area contributed by atoms with E-state index in [1.807, 2.05) is 0 Å². The molecule has 174 valence electrons. The van der Waals surface area contributed by atoms with Gasteiger partial charge in [0, 0.05) is 24.2 Å². The molecule has 1 fully saturated rings. The number of carbonyl (C=O) groups excluding carboxylic acids is 3. The smallest absolute Gasteiger partial charge is 0.289 e. The lowest BCUT2D eigenvalue weighted by molar-refractivity contribution is -0.125. The van der Waals surface area contributed by atoms with Crippen molar-refractivity contribution in [3.05, 3.63) is 69.8 Å². The Bertz CT molecular complexity index is 1330. The molecule has 0 bridgehead atoms. The van der Waals surface area contributed by atoms with Crippen LogP contribution in [0.2, 0.25) is 0 Å². The van der Waals surface area contributed by atoms with Crippen LogP contribution in [0.1, 0.15) is 47.4 Å². The number of aryl methyl sites for hydroxylation is 1. The third kappa shape index (κ3) is 4.48. The second-order valence-electron chi connectivity index (χ2n) is 8.57. The summed E-state index contributed by atoms with van der Waals surface area (Å²) in [4.78, 5) is 55.3. The Kier molecular flexibility index (Phi) is 6.19. The molecular formula is C25H24N4O4S. The summed E-state index contributed by atoms with van der Waals surface area (Å²) in [6.45, 7) is 0.906. The third-order valence-electron chi connectivity index (χ3n) is 6.22. The van der Waals surface area contributed by atoms with Crippen molar-refractivity contribution in [2.45, 2.75) is 45.2 Å². The normalized spacial score (nSPS) is 16.3. The molecule has 1 N–H and O–H groups in total. The number of carbonyl (C=O) groups is 3. The Morgan fingerprint density at radius 3 is 2.56 bits per heavy atom. The van der Waals surface area contributed by atoms with Crippen LogP contribution in [-0.2, 0) is 24.3 Å².